The maximum absolute atomic E-state index is 13.8. The molecule has 0 radical (unpaired) electrons. The summed E-state index contributed by atoms with van der Waals surface area (Å²) in [6, 6.07) is 4.30. The van der Waals surface area contributed by atoms with E-state index in [0.717, 1.165) is 12.3 Å². The third-order valence-electron chi connectivity index (χ3n) is 8.99. The number of hydrogen-bond donors (Lipinski definition) is 0. The minimum absolute atomic E-state index is 0.0544. The molecule has 2 aliphatic carbocycles. The van der Waals surface area contributed by atoms with Gasteiger partial charge in [0, 0.05) is 36.1 Å². The van der Waals surface area contributed by atoms with E-state index < -0.39 is 41.6 Å². The van der Waals surface area contributed by atoms with E-state index in [1.807, 2.05) is 0 Å². The molecule has 1 saturated heterocycles. The number of rotatable bonds is 5. The Labute approximate surface area is 235 Å². The minimum atomic E-state index is -4.27. The third-order valence-corrected chi connectivity index (χ3v) is 8.99. The summed E-state index contributed by atoms with van der Waals surface area (Å²) in [4.78, 5) is 30.4. The van der Waals surface area contributed by atoms with Crippen molar-refractivity contribution in [3.05, 3.63) is 63.3 Å². The molecule has 14 heteroatoms. The van der Waals surface area contributed by atoms with Gasteiger partial charge in [0.1, 0.15) is 5.82 Å². The zero-order chi connectivity index (χ0) is 29.6. The van der Waals surface area contributed by atoms with Gasteiger partial charge in [-0.25, -0.2) is 15.0 Å². The summed E-state index contributed by atoms with van der Waals surface area (Å²) >= 11 is 0. The van der Waals surface area contributed by atoms with Gasteiger partial charge in [-0.1, -0.05) is 5.16 Å². The van der Waals surface area contributed by atoms with Crippen LogP contribution in [0.25, 0.3) is 22.5 Å². The van der Waals surface area contributed by atoms with Crippen molar-refractivity contribution in [3.8, 4) is 11.5 Å². The molecule has 42 heavy (non-hydrogen) atoms. The summed E-state index contributed by atoms with van der Waals surface area (Å²) < 4.78 is 79.6. The predicted octanol–water partition coefficient (Wildman–Crippen LogP) is 5.94. The smallest absolute Gasteiger partial charge is 0.373 e. The zero-order valence-corrected chi connectivity index (χ0v) is 22.5. The summed E-state index contributed by atoms with van der Waals surface area (Å²) in [6.07, 6.45) is -2.90. The lowest BCUT2D eigenvalue weighted by molar-refractivity contribution is -0.211. The number of alkyl halides is 5. The number of nitrogens with zero attached hydrogens (tertiary/aromatic N) is 6. The average molecular weight is 589 g/mol. The Bertz CT molecular complexity index is 1770. The topological polar surface area (TPSA) is 109 Å². The van der Waals surface area contributed by atoms with Crippen LogP contribution in [0.4, 0.5) is 22.0 Å². The van der Waals surface area contributed by atoms with Gasteiger partial charge in [-0.15, -0.1) is 0 Å². The number of halogens is 5. The number of aryl methyl sites for hydroxylation is 2. The third kappa shape index (κ3) is 4.21. The highest BCUT2D eigenvalue weighted by Gasteiger charge is 2.79. The van der Waals surface area contributed by atoms with Crippen molar-refractivity contribution in [2.75, 3.05) is 6.61 Å². The molecule has 1 aliphatic heterocycles. The second-order valence-corrected chi connectivity index (χ2v) is 11.4. The normalized spacial score (nSPS) is 27.2. The van der Waals surface area contributed by atoms with Crippen LogP contribution in [0.3, 0.4) is 0 Å². The lowest BCUT2D eigenvalue weighted by Gasteiger charge is -2.36. The van der Waals surface area contributed by atoms with E-state index in [2.05, 4.69) is 15.1 Å². The first-order valence-electron chi connectivity index (χ1n) is 13.6. The van der Waals surface area contributed by atoms with E-state index in [1.165, 1.54) is 6.07 Å². The average Bonchev–Trinajstić information content (AvgIpc) is 3.31. The molecule has 9 nitrogen and oxygen atoms in total. The molecule has 3 unspecified atom stereocenters. The number of fused-ring (bicyclic) bond motifs is 2. The van der Waals surface area contributed by atoms with Gasteiger partial charge in [-0.05, 0) is 63.1 Å². The maximum Gasteiger partial charge on any atom is 0.394 e. The number of aromatic nitrogens is 6. The molecule has 7 rings (SSSR count). The Kier molecular flexibility index (Phi) is 6.02. The van der Waals surface area contributed by atoms with E-state index >= 15 is 0 Å². The van der Waals surface area contributed by atoms with Crippen LogP contribution in [0, 0.1) is 25.2 Å². The second kappa shape index (κ2) is 9.35. The van der Waals surface area contributed by atoms with Gasteiger partial charge in [0.05, 0.1) is 28.5 Å². The maximum atomic E-state index is 13.8. The van der Waals surface area contributed by atoms with Crippen LogP contribution in [0.1, 0.15) is 78.8 Å². The molecule has 220 valence electrons. The second-order valence-electron chi connectivity index (χ2n) is 11.4. The predicted molar refractivity (Wildman–Crippen MR) is 137 cm³/mol. The molecule has 5 atom stereocenters. The first kappa shape index (κ1) is 27.0. The van der Waals surface area contributed by atoms with Gasteiger partial charge >= 0.3 is 12.7 Å². The molecule has 0 spiro atoms. The van der Waals surface area contributed by atoms with Crippen LogP contribution in [0.5, 0.6) is 0 Å². The van der Waals surface area contributed by atoms with Crippen LogP contribution in [0.2, 0.25) is 0 Å². The summed E-state index contributed by atoms with van der Waals surface area (Å²) in [7, 11) is 0. The Balaban J connectivity index is 1.28. The van der Waals surface area contributed by atoms with Crippen LogP contribution < -0.4 is 5.56 Å². The molecule has 3 aliphatic rings. The first-order valence-corrected chi connectivity index (χ1v) is 13.6. The van der Waals surface area contributed by atoms with E-state index in [0.29, 0.717) is 62.6 Å². The monoisotopic (exact) mass is 588 g/mol. The van der Waals surface area contributed by atoms with Crippen LogP contribution in [-0.2, 0) is 4.74 Å². The molecule has 3 fully saturated rings. The molecular formula is C28H25F5N6O3. The number of ether oxygens (including phenoxy) is 1. The van der Waals surface area contributed by atoms with Crippen LogP contribution in [-0.4, -0.2) is 42.4 Å². The zero-order valence-electron chi connectivity index (χ0n) is 22.5. The first-order chi connectivity index (χ1) is 19.9. The van der Waals surface area contributed by atoms with E-state index in [-0.39, 0.29) is 31.3 Å². The van der Waals surface area contributed by atoms with Gasteiger partial charge in [-0.2, -0.15) is 26.9 Å². The standard InChI is InChI=1S/C28H25F5N6O3/c1-12-16(25-35-13(2)38-42-25)8-17-22(18-9-27(10-19(18)27)28(31,32)33)36-23(37-24(17)34-12)14-5-6-41-20(7-14)15-3-4-21(40)39(11-15)26(29)30/h3-4,8,11,14,18-20,26H,5-7,9-10H2,1-2H3/t14-,18?,19?,20+,27?/m0/s1. The Morgan fingerprint density at radius 1 is 1.10 bits per heavy atom. The fraction of sp³-hybridized carbons (Fsp3) is 0.500. The largest absolute Gasteiger partial charge is 0.394 e. The highest BCUT2D eigenvalue weighted by atomic mass is 19.4. The van der Waals surface area contributed by atoms with Gasteiger partial charge < -0.3 is 9.26 Å². The van der Waals surface area contributed by atoms with Crippen LogP contribution >= 0.6 is 0 Å². The minimum Gasteiger partial charge on any atom is -0.373 e. The van der Waals surface area contributed by atoms with E-state index in [4.69, 9.17) is 19.2 Å². The van der Waals surface area contributed by atoms with Crippen molar-refractivity contribution < 1.29 is 31.2 Å². The molecule has 0 aromatic carbocycles. The van der Waals surface area contributed by atoms with Crippen LogP contribution in [0.15, 0.2) is 33.7 Å². The Morgan fingerprint density at radius 2 is 1.90 bits per heavy atom. The van der Waals surface area contributed by atoms with Crippen molar-refractivity contribution in [1.29, 1.82) is 0 Å². The Morgan fingerprint density at radius 3 is 2.57 bits per heavy atom. The van der Waals surface area contributed by atoms with Gasteiger partial charge in [0.2, 0.25) is 0 Å². The number of pyridine rings is 2. The molecule has 5 heterocycles. The molecule has 0 amide bonds. The highest BCUT2D eigenvalue weighted by molar-refractivity contribution is 5.83. The molecule has 4 aromatic heterocycles. The van der Waals surface area contributed by atoms with Gasteiger partial charge in [0.15, 0.2) is 11.5 Å². The quantitative estimate of drug-likeness (QED) is 0.264. The van der Waals surface area contributed by atoms with E-state index in [1.54, 1.807) is 19.9 Å². The molecule has 0 N–H and O–H groups in total. The van der Waals surface area contributed by atoms with Crippen molar-refractivity contribution in [2.45, 2.75) is 70.2 Å². The highest BCUT2D eigenvalue weighted by Crippen LogP contribution is 2.79. The summed E-state index contributed by atoms with van der Waals surface area (Å²) in [6.45, 7) is 0.730. The molecular weight excluding hydrogens is 563 g/mol. The van der Waals surface area contributed by atoms with Gasteiger partial charge in [-0.3, -0.25) is 9.36 Å². The van der Waals surface area contributed by atoms with Gasteiger partial charge in [0.25, 0.3) is 11.4 Å². The molecule has 2 saturated carbocycles. The fourth-order valence-corrected chi connectivity index (χ4v) is 6.60. The Hall–Kier alpha value is -3.81. The lowest BCUT2D eigenvalue weighted by atomic mass is 9.72. The van der Waals surface area contributed by atoms with Crippen molar-refractivity contribution in [3.63, 3.8) is 0 Å². The van der Waals surface area contributed by atoms with Crippen molar-refractivity contribution >= 4 is 11.0 Å². The molecule has 4 aromatic rings. The summed E-state index contributed by atoms with van der Waals surface area (Å²) in [5.74, 6) is -0.144. The fourth-order valence-electron chi connectivity index (χ4n) is 6.60. The SMILES string of the molecule is Cc1noc(-c2cc3c(C4CC5(C(F)(F)F)CC45)nc([C@H]4CCO[C@@H](c5ccc(=O)n(C(F)F)c5)C4)nc3nc2C)n1. The summed E-state index contributed by atoms with van der Waals surface area (Å²) in [5, 5.41) is 4.38. The lowest BCUT2D eigenvalue weighted by Crippen LogP contribution is -2.37. The molecule has 0 bridgehead atoms. The van der Waals surface area contributed by atoms with Crippen molar-refractivity contribution in [2.24, 2.45) is 11.3 Å². The summed E-state index contributed by atoms with van der Waals surface area (Å²) in [5.41, 5.74) is -0.0824. The number of hydrogen-bond acceptors (Lipinski definition) is 8. The van der Waals surface area contributed by atoms with E-state index in [9.17, 15) is 26.7 Å². The van der Waals surface area contributed by atoms with Crippen molar-refractivity contribution in [1.82, 2.24) is 29.7 Å².